The third-order valence-corrected chi connectivity index (χ3v) is 3.05. The monoisotopic (exact) mass is 225 g/mol. The number of halogens is 1. The molecule has 0 saturated carbocycles. The maximum absolute atomic E-state index is 5.91. The van der Waals surface area contributed by atoms with E-state index >= 15 is 0 Å². The number of hydrogen-bond acceptors (Lipinski definition) is 3. The third-order valence-electron chi connectivity index (χ3n) is 2.85. The van der Waals surface area contributed by atoms with Crippen LogP contribution in [-0.4, -0.2) is 18.1 Å². The van der Waals surface area contributed by atoms with Gasteiger partial charge in [0.05, 0.1) is 0 Å². The summed E-state index contributed by atoms with van der Waals surface area (Å²) in [4.78, 5) is 6.42. The molecule has 3 nitrogen and oxygen atoms in total. The largest absolute Gasteiger partial charge is 0.371 e. The van der Waals surface area contributed by atoms with Crippen molar-refractivity contribution < 1.29 is 0 Å². The normalized spacial score (nSPS) is 16.8. The Balaban J connectivity index is 2.27. The van der Waals surface area contributed by atoms with Crippen molar-refractivity contribution in [2.24, 2.45) is 5.73 Å². The summed E-state index contributed by atoms with van der Waals surface area (Å²) in [6, 6.07) is 1.93. The van der Waals surface area contributed by atoms with Gasteiger partial charge in [0, 0.05) is 37.1 Å². The number of nitrogens with zero attached hydrogens (tertiary/aromatic N) is 2. The zero-order valence-electron chi connectivity index (χ0n) is 8.75. The molecule has 0 spiro atoms. The van der Waals surface area contributed by atoms with Crippen molar-refractivity contribution in [3.8, 4) is 0 Å². The van der Waals surface area contributed by atoms with Crippen molar-refractivity contribution in [1.82, 2.24) is 4.98 Å². The fraction of sp³-hybridized carbons (Fsp3) is 0.545. The molecule has 4 heteroatoms. The standard InChI is InChI=1S/C11H16ClN3/c12-11-6-10(9(7-13)8-14-11)15-4-2-1-3-5-15/h6,8H,1-5,7,13H2. The Kier molecular flexibility index (Phi) is 3.44. The number of rotatable bonds is 2. The molecule has 0 aromatic carbocycles. The van der Waals surface area contributed by atoms with E-state index in [1.807, 2.05) is 6.07 Å². The van der Waals surface area contributed by atoms with Crippen LogP contribution >= 0.6 is 11.6 Å². The first-order valence-electron chi connectivity index (χ1n) is 5.40. The fourth-order valence-electron chi connectivity index (χ4n) is 2.03. The second-order valence-corrected chi connectivity index (χ2v) is 4.27. The van der Waals surface area contributed by atoms with E-state index in [4.69, 9.17) is 17.3 Å². The summed E-state index contributed by atoms with van der Waals surface area (Å²) in [6.07, 6.45) is 5.62. The molecular weight excluding hydrogens is 210 g/mol. The van der Waals surface area contributed by atoms with Gasteiger partial charge in [0.15, 0.2) is 0 Å². The van der Waals surface area contributed by atoms with Crippen LogP contribution in [0.15, 0.2) is 12.3 Å². The van der Waals surface area contributed by atoms with Gasteiger partial charge in [-0.1, -0.05) is 11.6 Å². The first-order chi connectivity index (χ1) is 7.31. The van der Waals surface area contributed by atoms with Gasteiger partial charge >= 0.3 is 0 Å². The van der Waals surface area contributed by atoms with Crippen LogP contribution in [0.2, 0.25) is 5.15 Å². The van der Waals surface area contributed by atoms with Crippen LogP contribution in [0.4, 0.5) is 5.69 Å². The van der Waals surface area contributed by atoms with Gasteiger partial charge in [0.2, 0.25) is 0 Å². The second kappa shape index (κ2) is 4.81. The van der Waals surface area contributed by atoms with E-state index in [2.05, 4.69) is 9.88 Å². The van der Waals surface area contributed by atoms with Crippen molar-refractivity contribution in [3.05, 3.63) is 23.0 Å². The first kappa shape index (κ1) is 10.7. The molecule has 0 atom stereocenters. The van der Waals surface area contributed by atoms with Crippen LogP contribution in [0, 0.1) is 0 Å². The van der Waals surface area contributed by atoms with Crippen molar-refractivity contribution in [2.45, 2.75) is 25.8 Å². The molecule has 82 valence electrons. The Bertz CT molecular complexity index is 335. The van der Waals surface area contributed by atoms with Crippen LogP contribution in [0.3, 0.4) is 0 Å². The maximum atomic E-state index is 5.91. The van der Waals surface area contributed by atoms with Gasteiger partial charge < -0.3 is 10.6 Å². The average molecular weight is 226 g/mol. The summed E-state index contributed by atoms with van der Waals surface area (Å²) in [5, 5.41) is 0.549. The van der Waals surface area contributed by atoms with Gasteiger partial charge in [-0.25, -0.2) is 4.98 Å². The molecule has 1 aliphatic rings. The van der Waals surface area contributed by atoms with E-state index in [9.17, 15) is 0 Å². The number of nitrogens with two attached hydrogens (primary N) is 1. The van der Waals surface area contributed by atoms with Crippen molar-refractivity contribution in [1.29, 1.82) is 0 Å². The summed E-state index contributed by atoms with van der Waals surface area (Å²) < 4.78 is 0. The zero-order chi connectivity index (χ0) is 10.7. The molecule has 1 fully saturated rings. The van der Waals surface area contributed by atoms with E-state index < -0.39 is 0 Å². The molecule has 0 aliphatic carbocycles. The Hall–Kier alpha value is -0.800. The lowest BCUT2D eigenvalue weighted by Crippen LogP contribution is -2.30. The minimum Gasteiger partial charge on any atom is -0.371 e. The van der Waals surface area contributed by atoms with Crippen molar-refractivity contribution in [2.75, 3.05) is 18.0 Å². The average Bonchev–Trinajstić information content (AvgIpc) is 2.30. The van der Waals surface area contributed by atoms with Gasteiger partial charge in [0.25, 0.3) is 0 Å². The molecule has 0 unspecified atom stereocenters. The van der Waals surface area contributed by atoms with Gasteiger partial charge in [-0.05, 0) is 25.3 Å². The SMILES string of the molecule is NCc1cnc(Cl)cc1N1CCCCC1. The van der Waals surface area contributed by atoms with Crippen LogP contribution in [0.25, 0.3) is 0 Å². The summed E-state index contributed by atoms with van der Waals surface area (Å²) in [5.74, 6) is 0. The van der Waals surface area contributed by atoms with Crippen LogP contribution < -0.4 is 10.6 Å². The van der Waals surface area contributed by atoms with E-state index in [1.54, 1.807) is 6.20 Å². The highest BCUT2D eigenvalue weighted by Crippen LogP contribution is 2.25. The summed E-state index contributed by atoms with van der Waals surface area (Å²) in [6.45, 7) is 2.73. The first-order valence-corrected chi connectivity index (χ1v) is 5.78. The number of piperidine rings is 1. The Morgan fingerprint density at radius 2 is 2.07 bits per heavy atom. The summed E-state index contributed by atoms with van der Waals surface area (Å²) in [5.41, 5.74) is 7.95. The van der Waals surface area contributed by atoms with Gasteiger partial charge in [-0.15, -0.1) is 0 Å². The topological polar surface area (TPSA) is 42.1 Å². The summed E-state index contributed by atoms with van der Waals surface area (Å²) in [7, 11) is 0. The molecule has 0 amide bonds. The minimum atomic E-state index is 0.524. The number of anilines is 1. The molecule has 1 aromatic rings. The zero-order valence-corrected chi connectivity index (χ0v) is 9.50. The highest BCUT2D eigenvalue weighted by molar-refractivity contribution is 6.29. The number of aromatic nitrogens is 1. The van der Waals surface area contributed by atoms with Gasteiger partial charge in [-0.3, -0.25) is 0 Å². The fourth-order valence-corrected chi connectivity index (χ4v) is 2.19. The third kappa shape index (κ3) is 2.41. The maximum Gasteiger partial charge on any atom is 0.131 e. The number of hydrogen-bond donors (Lipinski definition) is 1. The molecule has 2 N–H and O–H groups in total. The van der Waals surface area contributed by atoms with E-state index in [-0.39, 0.29) is 0 Å². The van der Waals surface area contributed by atoms with E-state index in [0.29, 0.717) is 11.7 Å². The molecule has 0 radical (unpaired) electrons. The van der Waals surface area contributed by atoms with Crippen LogP contribution in [0.5, 0.6) is 0 Å². The second-order valence-electron chi connectivity index (χ2n) is 3.89. The minimum absolute atomic E-state index is 0.524. The smallest absolute Gasteiger partial charge is 0.131 e. The molecule has 2 rings (SSSR count). The quantitative estimate of drug-likeness (QED) is 0.785. The lowest BCUT2D eigenvalue weighted by Gasteiger charge is -2.30. The Morgan fingerprint density at radius 1 is 1.33 bits per heavy atom. The Morgan fingerprint density at radius 3 is 2.73 bits per heavy atom. The molecular formula is C11H16ClN3. The lowest BCUT2D eigenvalue weighted by molar-refractivity contribution is 0.576. The van der Waals surface area contributed by atoms with E-state index in [0.717, 1.165) is 24.3 Å². The highest BCUT2D eigenvalue weighted by atomic mass is 35.5. The Labute approximate surface area is 95.2 Å². The predicted octanol–water partition coefficient (Wildman–Crippen LogP) is 2.18. The molecule has 1 aliphatic heterocycles. The van der Waals surface area contributed by atoms with Gasteiger partial charge in [0.1, 0.15) is 5.15 Å². The summed E-state index contributed by atoms with van der Waals surface area (Å²) >= 11 is 5.91. The molecule has 1 saturated heterocycles. The van der Waals surface area contributed by atoms with E-state index in [1.165, 1.54) is 19.3 Å². The van der Waals surface area contributed by atoms with Crippen LogP contribution in [-0.2, 0) is 6.54 Å². The van der Waals surface area contributed by atoms with Crippen molar-refractivity contribution in [3.63, 3.8) is 0 Å². The van der Waals surface area contributed by atoms with Crippen LogP contribution in [0.1, 0.15) is 24.8 Å². The van der Waals surface area contributed by atoms with Gasteiger partial charge in [-0.2, -0.15) is 0 Å². The number of pyridine rings is 1. The molecule has 0 bridgehead atoms. The molecule has 2 heterocycles. The molecule has 1 aromatic heterocycles. The lowest BCUT2D eigenvalue weighted by atomic mass is 10.1. The predicted molar refractivity (Wildman–Crippen MR) is 63.2 cm³/mol. The van der Waals surface area contributed by atoms with Crippen molar-refractivity contribution >= 4 is 17.3 Å². The molecule has 15 heavy (non-hydrogen) atoms. The highest BCUT2D eigenvalue weighted by Gasteiger charge is 2.14.